The minimum atomic E-state index is -2.96. The molecule has 0 fully saturated rings. The quantitative estimate of drug-likeness (QED) is 0.802. The van der Waals surface area contributed by atoms with Gasteiger partial charge in [-0.15, -0.1) is 0 Å². The average molecular weight is 239 g/mol. The molecule has 1 aromatic rings. The second-order valence-corrected chi connectivity index (χ2v) is 3.93. The fourth-order valence-corrected chi connectivity index (χ4v) is 1.76. The Hall–Kier alpha value is -1.63. The summed E-state index contributed by atoms with van der Waals surface area (Å²) >= 11 is 0. The van der Waals surface area contributed by atoms with Crippen LogP contribution in [0.1, 0.15) is 29.5 Å². The van der Waals surface area contributed by atoms with Crippen molar-refractivity contribution in [3.63, 3.8) is 0 Å². The zero-order chi connectivity index (χ0) is 13.1. The van der Waals surface area contributed by atoms with Crippen LogP contribution in [0.2, 0.25) is 0 Å². The van der Waals surface area contributed by atoms with Gasteiger partial charge in [-0.3, -0.25) is 0 Å². The van der Waals surface area contributed by atoms with E-state index in [1.54, 1.807) is 19.9 Å². The van der Waals surface area contributed by atoms with Gasteiger partial charge in [0.25, 0.3) is 5.92 Å². The lowest BCUT2D eigenvalue weighted by atomic mass is 9.95. The SMILES string of the molecule is COc1ccc(C(F)(F)CCC#N)c(C)c1C. The molecule has 0 amide bonds. The van der Waals surface area contributed by atoms with Crippen molar-refractivity contribution in [3.8, 4) is 11.8 Å². The number of benzene rings is 1. The summed E-state index contributed by atoms with van der Waals surface area (Å²) < 4.78 is 32.7. The van der Waals surface area contributed by atoms with Gasteiger partial charge in [0.1, 0.15) is 5.75 Å². The van der Waals surface area contributed by atoms with Gasteiger partial charge in [0, 0.05) is 18.4 Å². The van der Waals surface area contributed by atoms with Crippen LogP contribution in [0.15, 0.2) is 12.1 Å². The molecule has 1 rings (SSSR count). The van der Waals surface area contributed by atoms with E-state index >= 15 is 0 Å². The number of ether oxygens (including phenoxy) is 1. The van der Waals surface area contributed by atoms with Gasteiger partial charge in [0.2, 0.25) is 0 Å². The van der Waals surface area contributed by atoms with E-state index in [-0.39, 0.29) is 12.0 Å². The van der Waals surface area contributed by atoms with Crippen LogP contribution in [-0.4, -0.2) is 7.11 Å². The Bertz CT molecular complexity index is 449. The number of halogens is 2. The van der Waals surface area contributed by atoms with Crippen molar-refractivity contribution in [3.05, 3.63) is 28.8 Å². The van der Waals surface area contributed by atoms with Gasteiger partial charge in [-0.2, -0.15) is 5.26 Å². The molecule has 0 atom stereocenters. The topological polar surface area (TPSA) is 33.0 Å². The van der Waals surface area contributed by atoms with Gasteiger partial charge >= 0.3 is 0 Å². The maximum absolute atomic E-state index is 13.8. The molecule has 0 aliphatic heterocycles. The molecule has 17 heavy (non-hydrogen) atoms. The molecule has 0 heterocycles. The summed E-state index contributed by atoms with van der Waals surface area (Å²) in [6.45, 7) is 3.39. The zero-order valence-corrected chi connectivity index (χ0v) is 10.2. The third-order valence-corrected chi connectivity index (χ3v) is 2.90. The first-order valence-electron chi connectivity index (χ1n) is 5.33. The molecule has 0 bridgehead atoms. The number of alkyl halides is 2. The van der Waals surface area contributed by atoms with Crippen molar-refractivity contribution in [2.75, 3.05) is 7.11 Å². The number of hydrogen-bond acceptors (Lipinski definition) is 2. The van der Waals surface area contributed by atoms with Crippen molar-refractivity contribution < 1.29 is 13.5 Å². The fraction of sp³-hybridized carbons (Fsp3) is 0.462. The predicted molar refractivity (Wildman–Crippen MR) is 61.2 cm³/mol. The van der Waals surface area contributed by atoms with E-state index in [1.165, 1.54) is 19.2 Å². The Kier molecular flexibility index (Phi) is 4.06. The van der Waals surface area contributed by atoms with Gasteiger partial charge in [0.15, 0.2) is 0 Å². The molecule has 0 unspecified atom stereocenters. The Morgan fingerprint density at radius 1 is 1.29 bits per heavy atom. The third kappa shape index (κ3) is 2.73. The molecular weight excluding hydrogens is 224 g/mol. The van der Waals surface area contributed by atoms with E-state index in [9.17, 15) is 8.78 Å². The van der Waals surface area contributed by atoms with Crippen LogP contribution in [0, 0.1) is 25.2 Å². The molecular formula is C13H15F2NO. The molecule has 92 valence electrons. The summed E-state index contributed by atoms with van der Waals surface area (Å²) in [5.41, 5.74) is 1.21. The monoisotopic (exact) mass is 239 g/mol. The van der Waals surface area contributed by atoms with E-state index in [1.807, 2.05) is 0 Å². The lowest BCUT2D eigenvalue weighted by molar-refractivity contribution is -0.0126. The first-order valence-corrected chi connectivity index (χ1v) is 5.33. The van der Waals surface area contributed by atoms with Crippen LogP contribution in [0.3, 0.4) is 0 Å². The van der Waals surface area contributed by atoms with Crippen molar-refractivity contribution in [1.29, 1.82) is 5.26 Å². The number of rotatable bonds is 4. The minimum Gasteiger partial charge on any atom is -0.496 e. The molecule has 0 aromatic heterocycles. The van der Waals surface area contributed by atoms with Crippen LogP contribution in [-0.2, 0) is 5.92 Å². The summed E-state index contributed by atoms with van der Waals surface area (Å²) in [5.74, 6) is -2.36. The highest BCUT2D eigenvalue weighted by Gasteiger charge is 2.33. The molecule has 4 heteroatoms. The van der Waals surface area contributed by atoms with Gasteiger partial charge in [0.05, 0.1) is 13.2 Å². The Labute approximate surface area is 99.8 Å². The van der Waals surface area contributed by atoms with Crippen LogP contribution in [0.25, 0.3) is 0 Å². The van der Waals surface area contributed by atoms with Gasteiger partial charge in [-0.1, -0.05) is 0 Å². The molecule has 0 saturated heterocycles. The molecule has 0 radical (unpaired) electrons. The molecule has 2 nitrogen and oxygen atoms in total. The molecule has 0 saturated carbocycles. The van der Waals surface area contributed by atoms with Crippen molar-refractivity contribution >= 4 is 0 Å². The van der Waals surface area contributed by atoms with Crippen LogP contribution < -0.4 is 4.74 Å². The van der Waals surface area contributed by atoms with Gasteiger partial charge in [-0.05, 0) is 37.1 Å². The van der Waals surface area contributed by atoms with E-state index < -0.39 is 12.3 Å². The predicted octanol–water partition coefficient (Wildman–Crippen LogP) is 3.71. The molecule has 0 aliphatic rings. The summed E-state index contributed by atoms with van der Waals surface area (Å²) in [5, 5.41) is 8.38. The Balaban J connectivity index is 3.15. The summed E-state index contributed by atoms with van der Waals surface area (Å²) in [6.07, 6.45) is -0.604. The van der Waals surface area contributed by atoms with Crippen LogP contribution in [0.5, 0.6) is 5.75 Å². The van der Waals surface area contributed by atoms with E-state index in [0.29, 0.717) is 16.9 Å². The summed E-state index contributed by atoms with van der Waals surface area (Å²) in [4.78, 5) is 0. The molecule has 0 spiro atoms. The highest BCUT2D eigenvalue weighted by Crippen LogP contribution is 2.37. The molecule has 1 aromatic carbocycles. The number of methoxy groups -OCH3 is 1. The van der Waals surface area contributed by atoms with Gasteiger partial charge < -0.3 is 4.74 Å². The fourth-order valence-electron chi connectivity index (χ4n) is 1.76. The van der Waals surface area contributed by atoms with Crippen molar-refractivity contribution in [2.24, 2.45) is 0 Å². The number of nitriles is 1. The summed E-state index contributed by atoms with van der Waals surface area (Å²) in [6, 6.07) is 4.66. The highest BCUT2D eigenvalue weighted by molar-refractivity contribution is 5.45. The zero-order valence-electron chi connectivity index (χ0n) is 10.2. The largest absolute Gasteiger partial charge is 0.496 e. The lowest BCUT2D eigenvalue weighted by Crippen LogP contribution is -2.15. The third-order valence-electron chi connectivity index (χ3n) is 2.90. The Morgan fingerprint density at radius 3 is 2.47 bits per heavy atom. The van der Waals surface area contributed by atoms with Crippen LogP contribution in [0.4, 0.5) is 8.78 Å². The molecule has 0 N–H and O–H groups in total. The maximum Gasteiger partial charge on any atom is 0.274 e. The number of hydrogen-bond donors (Lipinski definition) is 0. The standard InChI is InChI=1S/C13H15F2NO/c1-9-10(2)12(17-3)6-5-11(9)13(14,15)7-4-8-16/h5-6H,4,7H2,1-3H3. The average Bonchev–Trinajstić information content (AvgIpc) is 2.29. The number of nitrogens with zero attached hydrogens (tertiary/aromatic N) is 1. The van der Waals surface area contributed by atoms with Crippen molar-refractivity contribution in [2.45, 2.75) is 32.6 Å². The van der Waals surface area contributed by atoms with Crippen LogP contribution >= 0.6 is 0 Å². The first-order chi connectivity index (χ1) is 7.94. The van der Waals surface area contributed by atoms with E-state index in [4.69, 9.17) is 10.00 Å². The minimum absolute atomic E-state index is 0.0222. The summed E-state index contributed by atoms with van der Waals surface area (Å²) in [7, 11) is 1.51. The van der Waals surface area contributed by atoms with E-state index in [0.717, 1.165) is 0 Å². The normalized spacial score (nSPS) is 11.1. The second kappa shape index (κ2) is 5.13. The van der Waals surface area contributed by atoms with Gasteiger partial charge in [-0.25, -0.2) is 8.78 Å². The van der Waals surface area contributed by atoms with Crippen molar-refractivity contribution in [1.82, 2.24) is 0 Å². The highest BCUT2D eigenvalue weighted by atomic mass is 19.3. The van der Waals surface area contributed by atoms with E-state index in [2.05, 4.69) is 0 Å². The maximum atomic E-state index is 13.8. The molecule has 0 aliphatic carbocycles. The first kappa shape index (κ1) is 13.4. The second-order valence-electron chi connectivity index (χ2n) is 3.93. The smallest absolute Gasteiger partial charge is 0.274 e. The lowest BCUT2D eigenvalue weighted by Gasteiger charge is -2.20. The Morgan fingerprint density at radius 2 is 1.94 bits per heavy atom.